The lowest BCUT2D eigenvalue weighted by Crippen LogP contribution is -2.13. The number of hydrogen-bond donors (Lipinski definition) is 1. The molecule has 128 valence electrons. The van der Waals surface area contributed by atoms with Crippen molar-refractivity contribution in [3.05, 3.63) is 47.0 Å². The normalized spacial score (nSPS) is 10.4. The Morgan fingerprint density at radius 3 is 2.42 bits per heavy atom. The fourth-order valence-electron chi connectivity index (χ4n) is 2.14. The van der Waals surface area contributed by atoms with Crippen molar-refractivity contribution in [3.63, 3.8) is 0 Å². The van der Waals surface area contributed by atoms with Crippen LogP contribution >= 0.6 is 11.6 Å². The molecule has 0 unspecified atom stereocenters. The molecule has 2 aromatic rings. The zero-order valence-corrected chi connectivity index (χ0v) is 14.8. The molecule has 2 aromatic carbocycles. The first-order chi connectivity index (χ1) is 11.4. The predicted molar refractivity (Wildman–Crippen MR) is 94.7 cm³/mol. The standard InChI is InChI=1S/C18H20ClNO4/c1-11(2)24-13-7-5-6-12(8-13)18(21)20-15-9-14(19)16(22-3)10-17(15)23-4/h5-11H,1-4H3,(H,20,21). The van der Waals surface area contributed by atoms with E-state index in [1.165, 1.54) is 14.2 Å². The molecule has 0 atom stereocenters. The summed E-state index contributed by atoms with van der Waals surface area (Å²) in [7, 11) is 3.02. The van der Waals surface area contributed by atoms with Gasteiger partial charge in [-0.05, 0) is 38.1 Å². The summed E-state index contributed by atoms with van der Waals surface area (Å²) in [5, 5.41) is 3.17. The maximum atomic E-state index is 12.5. The van der Waals surface area contributed by atoms with E-state index in [1.54, 1.807) is 30.3 Å². The van der Waals surface area contributed by atoms with Gasteiger partial charge in [0.1, 0.15) is 17.2 Å². The summed E-state index contributed by atoms with van der Waals surface area (Å²) >= 11 is 6.12. The molecule has 24 heavy (non-hydrogen) atoms. The molecule has 0 saturated heterocycles. The second kappa shape index (κ2) is 7.93. The van der Waals surface area contributed by atoms with Crippen LogP contribution in [0.2, 0.25) is 5.02 Å². The molecular formula is C18H20ClNO4. The lowest BCUT2D eigenvalue weighted by molar-refractivity contribution is 0.102. The van der Waals surface area contributed by atoms with Crippen LogP contribution in [0.4, 0.5) is 5.69 Å². The summed E-state index contributed by atoms with van der Waals surface area (Å²) < 4.78 is 16.0. The Labute approximate surface area is 146 Å². The van der Waals surface area contributed by atoms with E-state index in [4.69, 9.17) is 25.8 Å². The summed E-state index contributed by atoms with van der Waals surface area (Å²) in [4.78, 5) is 12.5. The highest BCUT2D eigenvalue weighted by atomic mass is 35.5. The minimum atomic E-state index is -0.288. The van der Waals surface area contributed by atoms with Gasteiger partial charge >= 0.3 is 0 Å². The second-order valence-electron chi connectivity index (χ2n) is 5.34. The van der Waals surface area contributed by atoms with Crippen LogP contribution in [0, 0.1) is 0 Å². The summed E-state index contributed by atoms with van der Waals surface area (Å²) in [6.07, 6.45) is 0.0313. The van der Waals surface area contributed by atoms with Crippen molar-refractivity contribution in [3.8, 4) is 17.2 Å². The first-order valence-electron chi connectivity index (χ1n) is 7.44. The number of benzene rings is 2. The molecule has 0 spiro atoms. The molecule has 1 N–H and O–H groups in total. The average molecular weight is 350 g/mol. The van der Waals surface area contributed by atoms with Gasteiger partial charge in [0.05, 0.1) is 31.0 Å². The van der Waals surface area contributed by atoms with Crippen molar-refractivity contribution in [2.45, 2.75) is 20.0 Å². The van der Waals surface area contributed by atoms with Crippen molar-refractivity contribution < 1.29 is 19.0 Å². The smallest absolute Gasteiger partial charge is 0.255 e. The zero-order valence-electron chi connectivity index (χ0n) is 14.1. The van der Waals surface area contributed by atoms with Crippen LogP contribution in [0.3, 0.4) is 0 Å². The Balaban J connectivity index is 2.25. The maximum absolute atomic E-state index is 12.5. The van der Waals surface area contributed by atoms with E-state index in [2.05, 4.69) is 5.32 Å². The quantitative estimate of drug-likeness (QED) is 0.840. The van der Waals surface area contributed by atoms with Crippen LogP contribution in [-0.2, 0) is 0 Å². The van der Waals surface area contributed by atoms with Gasteiger partial charge < -0.3 is 19.5 Å². The fourth-order valence-corrected chi connectivity index (χ4v) is 2.38. The fraction of sp³-hybridized carbons (Fsp3) is 0.278. The number of anilines is 1. The Morgan fingerprint density at radius 1 is 1.08 bits per heavy atom. The first-order valence-corrected chi connectivity index (χ1v) is 7.82. The van der Waals surface area contributed by atoms with Crippen LogP contribution < -0.4 is 19.5 Å². The molecule has 0 heterocycles. The molecular weight excluding hydrogens is 330 g/mol. The molecule has 0 aromatic heterocycles. The number of ether oxygens (including phenoxy) is 3. The van der Waals surface area contributed by atoms with Gasteiger partial charge in [0.25, 0.3) is 5.91 Å². The first kappa shape index (κ1) is 17.9. The van der Waals surface area contributed by atoms with Gasteiger partial charge in [-0.1, -0.05) is 17.7 Å². The monoisotopic (exact) mass is 349 g/mol. The maximum Gasteiger partial charge on any atom is 0.255 e. The number of hydrogen-bond acceptors (Lipinski definition) is 4. The lowest BCUT2D eigenvalue weighted by atomic mass is 10.2. The highest BCUT2D eigenvalue weighted by Crippen LogP contribution is 2.36. The zero-order chi connectivity index (χ0) is 17.7. The van der Waals surface area contributed by atoms with Crippen molar-refractivity contribution in [1.82, 2.24) is 0 Å². The minimum absolute atomic E-state index is 0.0313. The number of carbonyl (C=O) groups is 1. The highest BCUT2D eigenvalue weighted by Gasteiger charge is 2.14. The van der Waals surface area contributed by atoms with Crippen LogP contribution in [0.5, 0.6) is 17.2 Å². The van der Waals surface area contributed by atoms with Crippen LogP contribution in [0.1, 0.15) is 24.2 Å². The molecule has 6 heteroatoms. The number of rotatable bonds is 6. The average Bonchev–Trinajstić information content (AvgIpc) is 2.54. The number of methoxy groups -OCH3 is 2. The summed E-state index contributed by atoms with van der Waals surface area (Å²) in [6, 6.07) is 10.2. The Bertz CT molecular complexity index is 731. The van der Waals surface area contributed by atoms with Crippen LogP contribution in [0.25, 0.3) is 0 Å². The van der Waals surface area contributed by atoms with Crippen molar-refractivity contribution >= 4 is 23.2 Å². The highest BCUT2D eigenvalue weighted by molar-refractivity contribution is 6.32. The lowest BCUT2D eigenvalue weighted by Gasteiger charge is -2.14. The molecule has 0 bridgehead atoms. The SMILES string of the molecule is COc1cc(OC)c(NC(=O)c2cccc(OC(C)C)c2)cc1Cl. The summed E-state index contributed by atoms with van der Waals surface area (Å²) in [6.45, 7) is 3.86. The van der Waals surface area contributed by atoms with E-state index in [0.717, 1.165) is 0 Å². The Morgan fingerprint density at radius 2 is 1.79 bits per heavy atom. The van der Waals surface area contributed by atoms with Gasteiger partial charge in [-0.2, -0.15) is 0 Å². The van der Waals surface area contributed by atoms with Crippen molar-refractivity contribution in [2.24, 2.45) is 0 Å². The van der Waals surface area contributed by atoms with Crippen LogP contribution in [0.15, 0.2) is 36.4 Å². The molecule has 0 radical (unpaired) electrons. The topological polar surface area (TPSA) is 56.8 Å². The molecule has 0 saturated carbocycles. The number of halogens is 1. The number of amides is 1. The molecule has 2 rings (SSSR count). The molecule has 0 aliphatic heterocycles. The van der Waals surface area contributed by atoms with E-state index < -0.39 is 0 Å². The van der Waals surface area contributed by atoms with E-state index in [0.29, 0.717) is 33.5 Å². The van der Waals surface area contributed by atoms with E-state index in [9.17, 15) is 4.79 Å². The third-order valence-electron chi connectivity index (χ3n) is 3.19. The van der Waals surface area contributed by atoms with E-state index >= 15 is 0 Å². The molecule has 0 fully saturated rings. The third kappa shape index (κ3) is 4.32. The second-order valence-corrected chi connectivity index (χ2v) is 5.74. The predicted octanol–water partition coefficient (Wildman–Crippen LogP) is 4.40. The molecule has 0 aliphatic carbocycles. The Kier molecular flexibility index (Phi) is 5.93. The summed E-state index contributed by atoms with van der Waals surface area (Å²) in [5.41, 5.74) is 0.936. The summed E-state index contributed by atoms with van der Waals surface area (Å²) in [5.74, 6) is 1.28. The molecule has 1 amide bonds. The third-order valence-corrected chi connectivity index (χ3v) is 3.49. The van der Waals surface area contributed by atoms with Crippen molar-refractivity contribution in [2.75, 3.05) is 19.5 Å². The van der Waals surface area contributed by atoms with E-state index in [-0.39, 0.29) is 12.0 Å². The minimum Gasteiger partial charge on any atom is -0.495 e. The van der Waals surface area contributed by atoms with E-state index in [1.807, 2.05) is 19.9 Å². The largest absolute Gasteiger partial charge is 0.495 e. The Hall–Kier alpha value is -2.40. The molecule has 0 aliphatic rings. The number of carbonyl (C=O) groups excluding carboxylic acids is 1. The van der Waals surface area contributed by atoms with Gasteiger partial charge in [0.15, 0.2) is 0 Å². The van der Waals surface area contributed by atoms with Gasteiger partial charge in [0.2, 0.25) is 0 Å². The van der Waals surface area contributed by atoms with Crippen LogP contribution in [-0.4, -0.2) is 26.2 Å². The number of nitrogens with one attached hydrogen (secondary N) is 1. The van der Waals surface area contributed by atoms with Gasteiger partial charge in [-0.3, -0.25) is 4.79 Å². The van der Waals surface area contributed by atoms with Gasteiger partial charge in [0, 0.05) is 11.6 Å². The van der Waals surface area contributed by atoms with Gasteiger partial charge in [-0.25, -0.2) is 0 Å². The van der Waals surface area contributed by atoms with Gasteiger partial charge in [-0.15, -0.1) is 0 Å². The van der Waals surface area contributed by atoms with Crippen molar-refractivity contribution in [1.29, 1.82) is 0 Å². The molecule has 5 nitrogen and oxygen atoms in total.